The summed E-state index contributed by atoms with van der Waals surface area (Å²) < 4.78 is 16.3. The topological polar surface area (TPSA) is 68.3 Å². The number of ether oxygens (including phenoxy) is 3. The van der Waals surface area contributed by atoms with Crippen molar-refractivity contribution < 1.29 is 23.8 Å². The maximum atomic E-state index is 13.3. The average molecular weight is 511 g/mol. The van der Waals surface area contributed by atoms with Crippen molar-refractivity contribution in [1.82, 2.24) is 9.80 Å². The largest absolute Gasteiger partial charge is 0.496 e. The van der Waals surface area contributed by atoms with Crippen LogP contribution in [0, 0.1) is 5.41 Å². The Bertz CT molecular complexity index is 1150. The Labute approximate surface area is 216 Å². The average Bonchev–Trinajstić information content (AvgIpc) is 3.57. The van der Waals surface area contributed by atoms with E-state index >= 15 is 0 Å². The van der Waals surface area contributed by atoms with Crippen LogP contribution in [0.4, 0.5) is 0 Å². The molecular weight excluding hydrogens is 476 g/mol. The first-order chi connectivity index (χ1) is 17.4. The minimum Gasteiger partial charge on any atom is -0.496 e. The highest BCUT2D eigenvalue weighted by atomic mass is 32.1. The molecule has 3 heterocycles. The number of amides is 2. The van der Waals surface area contributed by atoms with Gasteiger partial charge in [-0.3, -0.25) is 9.59 Å². The standard InChI is InChI=1S/C28H34N2O5S/c1-20(15-22-16-24(34-3)25(35-4)17-23(22)33-2)27(32)30-13-10-28(19-30)8-11-29(12-9-28)26(31)6-5-21-7-14-36-18-21/h5-7,14-18H,8-13,19H2,1-4H3. The van der Waals surface area contributed by atoms with Crippen molar-refractivity contribution >= 4 is 35.3 Å². The molecule has 1 aromatic carbocycles. The van der Waals surface area contributed by atoms with Crippen LogP contribution >= 0.6 is 11.3 Å². The van der Waals surface area contributed by atoms with Crippen LogP contribution < -0.4 is 14.2 Å². The molecule has 1 spiro atoms. The van der Waals surface area contributed by atoms with Crippen LogP contribution in [0.3, 0.4) is 0 Å². The van der Waals surface area contributed by atoms with Gasteiger partial charge >= 0.3 is 0 Å². The van der Waals surface area contributed by atoms with Crippen molar-refractivity contribution in [3.8, 4) is 17.2 Å². The van der Waals surface area contributed by atoms with E-state index in [0.717, 1.165) is 56.6 Å². The van der Waals surface area contributed by atoms with Gasteiger partial charge in [-0.15, -0.1) is 0 Å². The smallest absolute Gasteiger partial charge is 0.249 e. The van der Waals surface area contributed by atoms with Gasteiger partial charge in [-0.1, -0.05) is 0 Å². The lowest BCUT2D eigenvalue weighted by Gasteiger charge is -2.39. The van der Waals surface area contributed by atoms with E-state index in [-0.39, 0.29) is 17.2 Å². The van der Waals surface area contributed by atoms with E-state index in [9.17, 15) is 9.59 Å². The molecule has 0 unspecified atom stereocenters. The second kappa shape index (κ2) is 11.2. The number of thiophene rings is 1. The number of piperidine rings is 1. The van der Waals surface area contributed by atoms with Crippen molar-refractivity contribution in [2.24, 2.45) is 5.41 Å². The molecule has 2 saturated heterocycles. The summed E-state index contributed by atoms with van der Waals surface area (Å²) in [5.41, 5.74) is 2.55. The zero-order chi connectivity index (χ0) is 25.7. The highest BCUT2D eigenvalue weighted by Crippen LogP contribution is 2.41. The number of methoxy groups -OCH3 is 3. The van der Waals surface area contributed by atoms with Crippen LogP contribution in [0.1, 0.15) is 37.3 Å². The Kier molecular flexibility index (Phi) is 8.04. The van der Waals surface area contributed by atoms with Gasteiger partial charge in [0.15, 0.2) is 11.5 Å². The maximum absolute atomic E-state index is 13.3. The van der Waals surface area contributed by atoms with Crippen LogP contribution in [0.15, 0.2) is 40.6 Å². The molecule has 192 valence electrons. The summed E-state index contributed by atoms with van der Waals surface area (Å²) in [7, 11) is 4.75. The molecule has 0 radical (unpaired) electrons. The molecule has 0 bridgehead atoms. The number of carbonyl (C=O) groups is 2. The van der Waals surface area contributed by atoms with Crippen LogP contribution in [-0.4, -0.2) is 69.1 Å². The van der Waals surface area contributed by atoms with E-state index in [0.29, 0.717) is 22.8 Å². The van der Waals surface area contributed by atoms with Crippen molar-refractivity contribution in [2.45, 2.75) is 26.2 Å². The van der Waals surface area contributed by atoms with Crippen LogP contribution in [0.5, 0.6) is 17.2 Å². The second-order valence-corrected chi connectivity index (χ2v) is 10.2. The molecule has 0 N–H and O–H groups in total. The molecule has 2 aliphatic rings. The highest BCUT2D eigenvalue weighted by Gasteiger charge is 2.42. The summed E-state index contributed by atoms with van der Waals surface area (Å²) in [5.74, 6) is 1.86. The lowest BCUT2D eigenvalue weighted by atomic mass is 9.77. The van der Waals surface area contributed by atoms with Gasteiger partial charge in [-0.2, -0.15) is 11.3 Å². The second-order valence-electron chi connectivity index (χ2n) is 9.47. The minimum absolute atomic E-state index is 0.0286. The summed E-state index contributed by atoms with van der Waals surface area (Å²) in [6, 6.07) is 5.58. The number of likely N-dealkylation sites (tertiary alicyclic amines) is 2. The van der Waals surface area contributed by atoms with Crippen molar-refractivity contribution in [1.29, 1.82) is 0 Å². The van der Waals surface area contributed by atoms with Gasteiger partial charge in [-0.05, 0) is 72.2 Å². The zero-order valence-electron chi connectivity index (χ0n) is 21.4. The number of rotatable bonds is 7. The number of hydrogen-bond acceptors (Lipinski definition) is 6. The summed E-state index contributed by atoms with van der Waals surface area (Å²) in [4.78, 5) is 29.8. The van der Waals surface area contributed by atoms with E-state index in [1.165, 1.54) is 0 Å². The molecule has 2 aliphatic heterocycles. The van der Waals surface area contributed by atoms with Crippen LogP contribution in [-0.2, 0) is 9.59 Å². The van der Waals surface area contributed by atoms with Gasteiger partial charge in [-0.25, -0.2) is 0 Å². The first-order valence-corrected chi connectivity index (χ1v) is 13.1. The fraction of sp³-hybridized carbons (Fsp3) is 0.429. The van der Waals surface area contributed by atoms with Gasteiger partial charge in [0, 0.05) is 49.5 Å². The van der Waals surface area contributed by atoms with Crippen molar-refractivity contribution in [3.63, 3.8) is 0 Å². The molecule has 2 amide bonds. The normalized spacial score (nSPS) is 17.6. The first-order valence-electron chi connectivity index (χ1n) is 12.1. The Balaban J connectivity index is 1.38. The SMILES string of the molecule is COc1cc(OC)c(OC)cc1C=C(C)C(=O)N1CCC2(CCN(C(=O)C=Cc3ccsc3)CC2)C1. The van der Waals surface area contributed by atoms with E-state index in [4.69, 9.17) is 14.2 Å². The molecule has 2 fully saturated rings. The Morgan fingerprint density at radius 3 is 2.19 bits per heavy atom. The molecular formula is C28H34N2O5S. The Hall–Kier alpha value is -3.26. The summed E-state index contributed by atoms with van der Waals surface area (Å²) in [6.45, 7) is 4.76. The quantitative estimate of drug-likeness (QED) is 0.504. The van der Waals surface area contributed by atoms with Crippen LogP contribution in [0.25, 0.3) is 12.2 Å². The fourth-order valence-electron chi connectivity index (χ4n) is 5.07. The van der Waals surface area contributed by atoms with Gasteiger partial charge in [0.1, 0.15) is 5.75 Å². The molecule has 36 heavy (non-hydrogen) atoms. The monoisotopic (exact) mass is 510 g/mol. The van der Waals surface area contributed by atoms with Gasteiger partial charge in [0.25, 0.3) is 0 Å². The lowest BCUT2D eigenvalue weighted by Crippen LogP contribution is -2.44. The van der Waals surface area contributed by atoms with Gasteiger partial charge < -0.3 is 24.0 Å². The third kappa shape index (κ3) is 5.59. The molecule has 0 saturated carbocycles. The maximum Gasteiger partial charge on any atom is 0.249 e. The van der Waals surface area contributed by atoms with Gasteiger partial charge in [0.2, 0.25) is 11.8 Å². The lowest BCUT2D eigenvalue weighted by molar-refractivity contribution is -0.129. The molecule has 0 atom stereocenters. The first kappa shape index (κ1) is 25.8. The van der Waals surface area contributed by atoms with E-state index in [1.54, 1.807) is 44.8 Å². The van der Waals surface area contributed by atoms with Crippen molar-refractivity contribution in [3.05, 3.63) is 51.7 Å². The fourth-order valence-corrected chi connectivity index (χ4v) is 5.70. The van der Waals surface area contributed by atoms with Crippen LogP contribution in [0.2, 0.25) is 0 Å². The summed E-state index contributed by atoms with van der Waals surface area (Å²) in [5, 5.41) is 4.03. The number of nitrogens with zero attached hydrogens (tertiary/aromatic N) is 2. The third-order valence-corrected chi connectivity index (χ3v) is 7.97. The molecule has 2 aromatic rings. The predicted molar refractivity (Wildman–Crippen MR) is 143 cm³/mol. The molecule has 8 heteroatoms. The Morgan fingerprint density at radius 1 is 0.944 bits per heavy atom. The van der Waals surface area contributed by atoms with E-state index in [2.05, 4.69) is 0 Å². The zero-order valence-corrected chi connectivity index (χ0v) is 22.2. The molecule has 7 nitrogen and oxygen atoms in total. The molecule has 4 rings (SSSR count). The summed E-state index contributed by atoms with van der Waals surface area (Å²) >= 11 is 1.62. The number of benzene rings is 1. The van der Waals surface area contributed by atoms with E-state index in [1.807, 2.05) is 51.8 Å². The van der Waals surface area contributed by atoms with E-state index < -0.39 is 0 Å². The van der Waals surface area contributed by atoms with Gasteiger partial charge in [0.05, 0.1) is 21.3 Å². The highest BCUT2D eigenvalue weighted by molar-refractivity contribution is 7.08. The third-order valence-electron chi connectivity index (χ3n) is 7.27. The molecule has 1 aromatic heterocycles. The predicted octanol–water partition coefficient (Wildman–Crippen LogP) is 4.73. The number of hydrogen-bond donors (Lipinski definition) is 0. The minimum atomic E-state index is 0.0286. The van der Waals surface area contributed by atoms with Crippen molar-refractivity contribution in [2.75, 3.05) is 47.5 Å². The summed E-state index contributed by atoms with van der Waals surface area (Å²) in [6.07, 6.45) is 8.19. The molecule has 0 aliphatic carbocycles. The number of carbonyl (C=O) groups excluding carboxylic acids is 2. The Morgan fingerprint density at radius 2 is 1.58 bits per heavy atom.